The molecule has 0 N–H and O–H groups in total. The average Bonchev–Trinajstić information content (AvgIpc) is 2.56. The van der Waals surface area contributed by atoms with Gasteiger partial charge in [-0.05, 0) is 61.4 Å². The zero-order valence-corrected chi connectivity index (χ0v) is 14.9. The molecule has 1 fully saturated rings. The van der Waals surface area contributed by atoms with Crippen LogP contribution >= 0.6 is 23.2 Å². The molecule has 2 atom stereocenters. The van der Waals surface area contributed by atoms with Gasteiger partial charge in [0.1, 0.15) is 11.5 Å². The molecule has 24 heavy (non-hydrogen) atoms. The van der Waals surface area contributed by atoms with E-state index in [0.717, 1.165) is 11.1 Å². The van der Waals surface area contributed by atoms with Crippen molar-refractivity contribution in [2.75, 3.05) is 13.2 Å². The van der Waals surface area contributed by atoms with Gasteiger partial charge in [-0.2, -0.15) is 0 Å². The predicted octanol–water partition coefficient (Wildman–Crippen LogP) is 4.77. The summed E-state index contributed by atoms with van der Waals surface area (Å²) in [5.41, 5.74) is 1.85. The van der Waals surface area contributed by atoms with E-state index in [1.165, 1.54) is 0 Å². The molecule has 0 saturated carbocycles. The Morgan fingerprint density at radius 1 is 0.792 bits per heavy atom. The van der Waals surface area contributed by atoms with Gasteiger partial charge >= 0.3 is 0 Å². The van der Waals surface area contributed by atoms with Crippen molar-refractivity contribution >= 4 is 23.2 Å². The lowest BCUT2D eigenvalue weighted by atomic mass is 10.2. The minimum absolute atomic E-state index is 0.441. The SMILES string of the molecule is Cc1cc(O[C@H]2OCCO[C@@H]2Oc2ccc(Cl)c(C)c2)ccc1Cl. The van der Waals surface area contributed by atoms with Crippen LogP contribution in [0.25, 0.3) is 0 Å². The maximum Gasteiger partial charge on any atom is 0.263 e. The van der Waals surface area contributed by atoms with Gasteiger partial charge in [0.05, 0.1) is 13.2 Å². The first-order chi connectivity index (χ1) is 11.5. The molecule has 3 rings (SSSR count). The Hall–Kier alpha value is -1.46. The molecule has 0 aromatic heterocycles. The van der Waals surface area contributed by atoms with Gasteiger partial charge in [0.2, 0.25) is 0 Å². The highest BCUT2D eigenvalue weighted by molar-refractivity contribution is 6.31. The summed E-state index contributed by atoms with van der Waals surface area (Å²) in [7, 11) is 0. The molecule has 0 amide bonds. The second-order valence-corrected chi connectivity index (χ2v) is 6.35. The standard InChI is InChI=1S/C18H18Cl2O4/c1-11-9-13(3-5-15(11)19)23-17-18(22-8-7-21-17)24-14-4-6-16(20)12(2)10-14/h3-6,9-10,17-18H,7-8H2,1-2H3/t17-,18-/m1/s1. The number of benzene rings is 2. The van der Waals surface area contributed by atoms with Gasteiger partial charge in [-0.1, -0.05) is 23.2 Å². The third-order valence-electron chi connectivity index (χ3n) is 3.63. The highest BCUT2D eigenvalue weighted by Crippen LogP contribution is 2.26. The van der Waals surface area contributed by atoms with Crippen LogP contribution in [0.3, 0.4) is 0 Å². The van der Waals surface area contributed by atoms with Crippen LogP contribution in [-0.2, 0) is 9.47 Å². The van der Waals surface area contributed by atoms with Gasteiger partial charge in [0.25, 0.3) is 12.6 Å². The summed E-state index contributed by atoms with van der Waals surface area (Å²) < 4.78 is 23.1. The van der Waals surface area contributed by atoms with Crippen molar-refractivity contribution in [3.63, 3.8) is 0 Å². The van der Waals surface area contributed by atoms with Crippen molar-refractivity contribution in [2.45, 2.75) is 26.4 Å². The zero-order valence-electron chi connectivity index (χ0n) is 13.4. The van der Waals surface area contributed by atoms with Crippen LogP contribution in [0.2, 0.25) is 10.0 Å². The first-order valence-electron chi connectivity index (χ1n) is 7.62. The lowest BCUT2D eigenvalue weighted by Gasteiger charge is -2.32. The molecular weight excluding hydrogens is 351 g/mol. The van der Waals surface area contributed by atoms with E-state index in [-0.39, 0.29) is 0 Å². The van der Waals surface area contributed by atoms with E-state index in [1.807, 2.05) is 26.0 Å². The zero-order chi connectivity index (χ0) is 17.1. The number of ether oxygens (including phenoxy) is 4. The van der Waals surface area contributed by atoms with Crippen LogP contribution in [0.5, 0.6) is 11.5 Å². The molecule has 2 aromatic carbocycles. The maximum absolute atomic E-state index is 6.04. The molecule has 128 valence electrons. The van der Waals surface area contributed by atoms with Crippen LogP contribution in [0.15, 0.2) is 36.4 Å². The Balaban J connectivity index is 1.72. The van der Waals surface area contributed by atoms with Gasteiger partial charge in [-0.25, -0.2) is 0 Å². The van der Waals surface area contributed by atoms with Gasteiger partial charge in [-0.15, -0.1) is 0 Å². The molecule has 0 radical (unpaired) electrons. The smallest absolute Gasteiger partial charge is 0.263 e. The van der Waals surface area contributed by atoms with Crippen molar-refractivity contribution in [3.8, 4) is 11.5 Å². The number of hydrogen-bond acceptors (Lipinski definition) is 4. The molecule has 1 aliphatic rings. The van der Waals surface area contributed by atoms with Gasteiger partial charge < -0.3 is 18.9 Å². The summed E-state index contributed by atoms with van der Waals surface area (Å²) in [6, 6.07) is 10.9. The molecular formula is C18H18Cl2O4. The second-order valence-electron chi connectivity index (χ2n) is 5.54. The van der Waals surface area contributed by atoms with E-state index in [1.54, 1.807) is 24.3 Å². The molecule has 0 spiro atoms. The van der Waals surface area contributed by atoms with Crippen molar-refractivity contribution in [1.29, 1.82) is 0 Å². The number of rotatable bonds is 4. The Morgan fingerprint density at radius 2 is 1.21 bits per heavy atom. The molecule has 6 heteroatoms. The molecule has 2 aromatic rings. The molecule has 1 aliphatic heterocycles. The van der Waals surface area contributed by atoms with E-state index in [9.17, 15) is 0 Å². The van der Waals surface area contributed by atoms with Crippen molar-refractivity contribution < 1.29 is 18.9 Å². The number of hydrogen-bond donors (Lipinski definition) is 0. The van der Waals surface area contributed by atoms with Crippen molar-refractivity contribution in [1.82, 2.24) is 0 Å². The summed E-state index contributed by atoms with van der Waals surface area (Å²) in [6.45, 7) is 4.71. The lowest BCUT2D eigenvalue weighted by Crippen LogP contribution is -2.45. The third kappa shape index (κ3) is 4.14. The lowest BCUT2D eigenvalue weighted by molar-refractivity contribution is -0.271. The summed E-state index contributed by atoms with van der Waals surface area (Å²) in [4.78, 5) is 0. The van der Waals surface area contributed by atoms with E-state index in [4.69, 9.17) is 42.1 Å². The normalized spacial score (nSPS) is 20.7. The van der Waals surface area contributed by atoms with Gasteiger partial charge in [0, 0.05) is 10.0 Å². The van der Waals surface area contributed by atoms with Gasteiger partial charge in [0.15, 0.2) is 0 Å². The first-order valence-corrected chi connectivity index (χ1v) is 8.37. The van der Waals surface area contributed by atoms with Crippen LogP contribution < -0.4 is 9.47 Å². The highest BCUT2D eigenvalue weighted by atomic mass is 35.5. The van der Waals surface area contributed by atoms with Gasteiger partial charge in [-0.3, -0.25) is 0 Å². The fourth-order valence-corrected chi connectivity index (χ4v) is 2.55. The molecule has 1 heterocycles. The summed E-state index contributed by atoms with van der Waals surface area (Å²) in [5, 5.41) is 1.38. The maximum atomic E-state index is 6.04. The largest absolute Gasteiger partial charge is 0.458 e. The summed E-state index contributed by atoms with van der Waals surface area (Å²) >= 11 is 12.1. The number of aryl methyl sites for hydroxylation is 2. The molecule has 4 nitrogen and oxygen atoms in total. The summed E-state index contributed by atoms with van der Waals surface area (Å²) in [6.07, 6.45) is -1.34. The third-order valence-corrected chi connectivity index (χ3v) is 4.48. The van der Waals surface area contributed by atoms with Crippen LogP contribution in [0.1, 0.15) is 11.1 Å². The number of halogens is 2. The Morgan fingerprint density at radius 3 is 1.58 bits per heavy atom. The summed E-state index contributed by atoms with van der Waals surface area (Å²) in [5.74, 6) is 1.29. The van der Waals surface area contributed by atoms with E-state index in [2.05, 4.69) is 0 Å². The molecule has 0 bridgehead atoms. The predicted molar refractivity (Wildman–Crippen MR) is 93.1 cm³/mol. The van der Waals surface area contributed by atoms with Crippen LogP contribution in [-0.4, -0.2) is 25.8 Å². The Bertz CT molecular complexity index is 659. The van der Waals surface area contributed by atoms with E-state index >= 15 is 0 Å². The second kappa shape index (κ2) is 7.62. The molecule has 0 aliphatic carbocycles. The minimum atomic E-state index is -0.671. The monoisotopic (exact) mass is 368 g/mol. The fraction of sp³-hybridized carbons (Fsp3) is 0.333. The topological polar surface area (TPSA) is 36.9 Å². The fourth-order valence-electron chi connectivity index (χ4n) is 2.31. The van der Waals surface area contributed by atoms with Crippen molar-refractivity contribution in [2.24, 2.45) is 0 Å². The Kier molecular flexibility index (Phi) is 5.51. The van der Waals surface area contributed by atoms with Crippen LogP contribution in [0.4, 0.5) is 0 Å². The van der Waals surface area contributed by atoms with E-state index in [0.29, 0.717) is 34.8 Å². The first kappa shape index (κ1) is 17.4. The average molecular weight is 369 g/mol. The van der Waals surface area contributed by atoms with Crippen molar-refractivity contribution in [3.05, 3.63) is 57.6 Å². The molecule has 0 unspecified atom stereocenters. The minimum Gasteiger partial charge on any atom is -0.458 e. The van der Waals surface area contributed by atoms with Crippen LogP contribution in [0, 0.1) is 13.8 Å². The molecule has 1 saturated heterocycles. The highest BCUT2D eigenvalue weighted by Gasteiger charge is 2.31. The quantitative estimate of drug-likeness (QED) is 0.778. The Labute approximate surface area is 151 Å². The van der Waals surface area contributed by atoms with E-state index < -0.39 is 12.6 Å².